The number of carbonyl (C=O) groups excluding carboxylic acids is 1. The van der Waals surface area contributed by atoms with Crippen LogP contribution in [0.5, 0.6) is 0 Å². The van der Waals surface area contributed by atoms with Gasteiger partial charge in [0.1, 0.15) is 5.76 Å². The minimum absolute atomic E-state index is 0.129. The zero-order chi connectivity index (χ0) is 14.7. The van der Waals surface area contributed by atoms with E-state index in [1.165, 1.54) is 6.08 Å². The van der Waals surface area contributed by atoms with Crippen molar-refractivity contribution in [3.05, 3.63) is 54.5 Å². The molecular weight excluding hydrogens is 284 g/mol. The Hall–Kier alpha value is -2.27. The van der Waals surface area contributed by atoms with Crippen molar-refractivity contribution in [3.63, 3.8) is 0 Å². The average molecular weight is 298 g/mol. The molecule has 21 heavy (non-hydrogen) atoms. The molecule has 0 amide bonds. The number of aromatic nitrogens is 2. The highest BCUT2D eigenvalue weighted by molar-refractivity contribution is 7.99. The summed E-state index contributed by atoms with van der Waals surface area (Å²) in [5.41, 5.74) is 1.65. The van der Waals surface area contributed by atoms with E-state index in [9.17, 15) is 4.79 Å². The molecule has 0 radical (unpaired) electrons. The topological polar surface area (TPSA) is 48.0 Å². The Morgan fingerprint density at radius 3 is 2.95 bits per heavy atom. The van der Waals surface area contributed by atoms with Gasteiger partial charge in [-0.25, -0.2) is 4.98 Å². The maximum atomic E-state index is 12.5. The van der Waals surface area contributed by atoms with Crippen LogP contribution in [0.4, 0.5) is 0 Å². The largest absolute Gasteiger partial charge is 0.465 e. The first kappa shape index (κ1) is 13.7. The molecule has 0 atom stereocenters. The SMILES string of the molecule is CCSc1nc2ccccc2n1C(=O)/C=C/c1ccco1. The van der Waals surface area contributed by atoms with Crippen LogP contribution >= 0.6 is 11.8 Å². The normalized spacial score (nSPS) is 11.5. The molecule has 0 aliphatic rings. The van der Waals surface area contributed by atoms with Gasteiger partial charge < -0.3 is 4.42 Å². The number of hydrogen-bond donors (Lipinski definition) is 0. The van der Waals surface area contributed by atoms with E-state index >= 15 is 0 Å². The highest BCUT2D eigenvalue weighted by atomic mass is 32.2. The first-order chi connectivity index (χ1) is 10.3. The van der Waals surface area contributed by atoms with E-state index in [-0.39, 0.29) is 5.91 Å². The Morgan fingerprint density at radius 1 is 1.33 bits per heavy atom. The van der Waals surface area contributed by atoms with Crippen LogP contribution in [-0.2, 0) is 0 Å². The molecule has 4 nitrogen and oxygen atoms in total. The number of benzene rings is 1. The summed E-state index contributed by atoms with van der Waals surface area (Å²) in [5, 5.41) is 0.716. The van der Waals surface area contributed by atoms with Crippen LogP contribution in [0.2, 0.25) is 0 Å². The fraction of sp³-hybridized carbons (Fsp3) is 0.125. The molecule has 0 N–H and O–H groups in total. The van der Waals surface area contributed by atoms with Crippen molar-refractivity contribution in [2.45, 2.75) is 12.1 Å². The highest BCUT2D eigenvalue weighted by Crippen LogP contribution is 2.24. The molecule has 5 heteroatoms. The predicted molar refractivity (Wildman–Crippen MR) is 84.5 cm³/mol. The maximum Gasteiger partial charge on any atom is 0.257 e. The number of hydrogen-bond acceptors (Lipinski definition) is 4. The summed E-state index contributed by atoms with van der Waals surface area (Å²) in [6, 6.07) is 11.2. The third-order valence-corrected chi connectivity index (χ3v) is 3.78. The molecule has 3 rings (SSSR count). The van der Waals surface area contributed by atoms with Gasteiger partial charge in [0.25, 0.3) is 5.91 Å². The Bertz CT molecular complexity index is 788. The van der Waals surface area contributed by atoms with Crippen LogP contribution in [0, 0.1) is 0 Å². The second kappa shape index (κ2) is 6.01. The monoisotopic (exact) mass is 298 g/mol. The lowest BCUT2D eigenvalue weighted by atomic mass is 10.3. The van der Waals surface area contributed by atoms with Gasteiger partial charge in [-0.1, -0.05) is 30.8 Å². The van der Waals surface area contributed by atoms with Gasteiger partial charge in [0, 0.05) is 6.08 Å². The number of nitrogens with zero attached hydrogens (tertiary/aromatic N) is 2. The molecule has 0 bridgehead atoms. The van der Waals surface area contributed by atoms with Crippen molar-refractivity contribution in [1.82, 2.24) is 9.55 Å². The molecule has 1 aromatic carbocycles. The number of allylic oxidation sites excluding steroid dienone is 1. The van der Waals surface area contributed by atoms with Crippen molar-refractivity contribution < 1.29 is 9.21 Å². The fourth-order valence-electron chi connectivity index (χ4n) is 2.06. The summed E-state index contributed by atoms with van der Waals surface area (Å²) in [5.74, 6) is 1.38. The van der Waals surface area contributed by atoms with Gasteiger partial charge in [-0.05, 0) is 36.1 Å². The van der Waals surface area contributed by atoms with Gasteiger partial charge in [-0.15, -0.1) is 0 Å². The number of imidazole rings is 1. The summed E-state index contributed by atoms with van der Waals surface area (Å²) in [7, 11) is 0. The Kier molecular flexibility index (Phi) is 3.92. The maximum absolute atomic E-state index is 12.5. The molecule has 0 fully saturated rings. The molecule has 0 saturated heterocycles. The fourth-order valence-corrected chi connectivity index (χ4v) is 2.80. The summed E-state index contributed by atoms with van der Waals surface area (Å²) in [4.78, 5) is 17.0. The molecule has 106 valence electrons. The van der Waals surface area contributed by atoms with Crippen LogP contribution in [0.3, 0.4) is 0 Å². The van der Waals surface area contributed by atoms with Gasteiger partial charge in [0.2, 0.25) is 0 Å². The van der Waals surface area contributed by atoms with E-state index < -0.39 is 0 Å². The van der Waals surface area contributed by atoms with Crippen molar-refractivity contribution >= 4 is 34.8 Å². The summed E-state index contributed by atoms with van der Waals surface area (Å²) in [6.07, 6.45) is 4.75. The number of para-hydroxylation sites is 2. The highest BCUT2D eigenvalue weighted by Gasteiger charge is 2.14. The minimum Gasteiger partial charge on any atom is -0.465 e. The summed E-state index contributed by atoms with van der Waals surface area (Å²) < 4.78 is 6.84. The van der Waals surface area contributed by atoms with Crippen LogP contribution in [0.1, 0.15) is 17.5 Å². The lowest BCUT2D eigenvalue weighted by Crippen LogP contribution is -2.08. The van der Waals surface area contributed by atoms with Crippen molar-refractivity contribution in [3.8, 4) is 0 Å². The van der Waals surface area contributed by atoms with Crippen molar-refractivity contribution in [2.24, 2.45) is 0 Å². The van der Waals surface area contributed by atoms with Gasteiger partial charge in [0.15, 0.2) is 5.16 Å². The lowest BCUT2D eigenvalue weighted by Gasteiger charge is -2.03. The Labute approximate surface area is 126 Å². The van der Waals surface area contributed by atoms with Crippen LogP contribution in [0.25, 0.3) is 17.1 Å². The number of fused-ring (bicyclic) bond motifs is 1. The van der Waals surface area contributed by atoms with E-state index in [0.29, 0.717) is 10.9 Å². The standard InChI is InChI=1S/C16H14N2O2S/c1-2-21-16-17-13-7-3-4-8-14(13)18(16)15(19)10-9-12-6-5-11-20-12/h3-11H,2H2,1H3/b10-9+. The molecule has 0 spiro atoms. The van der Waals surface area contributed by atoms with Crippen molar-refractivity contribution in [2.75, 3.05) is 5.75 Å². The number of carbonyl (C=O) groups is 1. The van der Waals surface area contributed by atoms with Gasteiger partial charge in [-0.2, -0.15) is 0 Å². The van der Waals surface area contributed by atoms with Crippen LogP contribution < -0.4 is 0 Å². The lowest BCUT2D eigenvalue weighted by molar-refractivity contribution is 0.0965. The third kappa shape index (κ3) is 2.78. The second-order valence-corrected chi connectivity index (χ2v) is 5.57. The number of rotatable bonds is 4. The van der Waals surface area contributed by atoms with E-state index in [1.54, 1.807) is 40.8 Å². The first-order valence-corrected chi connectivity index (χ1v) is 7.64. The number of thioether (sulfide) groups is 1. The zero-order valence-corrected chi connectivity index (χ0v) is 12.3. The minimum atomic E-state index is -0.129. The third-order valence-electron chi connectivity index (χ3n) is 2.96. The molecule has 0 aliphatic heterocycles. The van der Waals surface area contributed by atoms with E-state index in [1.807, 2.05) is 31.2 Å². The van der Waals surface area contributed by atoms with E-state index in [4.69, 9.17) is 4.42 Å². The van der Waals surface area contributed by atoms with Gasteiger partial charge in [-0.3, -0.25) is 9.36 Å². The molecule has 0 unspecified atom stereocenters. The predicted octanol–water partition coefficient (Wildman–Crippen LogP) is 4.09. The quantitative estimate of drug-likeness (QED) is 0.537. The molecular formula is C16H14N2O2S. The Balaban J connectivity index is 2.01. The number of furan rings is 1. The second-order valence-electron chi connectivity index (χ2n) is 4.34. The average Bonchev–Trinajstić information content (AvgIpc) is 3.12. The zero-order valence-electron chi connectivity index (χ0n) is 11.5. The van der Waals surface area contributed by atoms with Crippen LogP contribution in [0.15, 0.2) is 58.3 Å². The summed E-state index contributed by atoms with van der Waals surface area (Å²) in [6.45, 7) is 2.04. The molecule has 0 aliphatic carbocycles. The van der Waals surface area contributed by atoms with Gasteiger partial charge in [0.05, 0.1) is 17.3 Å². The van der Waals surface area contributed by atoms with E-state index in [0.717, 1.165) is 16.8 Å². The molecule has 2 aromatic heterocycles. The molecule has 3 aromatic rings. The smallest absolute Gasteiger partial charge is 0.257 e. The van der Waals surface area contributed by atoms with Crippen LogP contribution in [-0.4, -0.2) is 21.2 Å². The van der Waals surface area contributed by atoms with Gasteiger partial charge >= 0.3 is 0 Å². The summed E-state index contributed by atoms with van der Waals surface area (Å²) >= 11 is 1.55. The Morgan fingerprint density at radius 2 is 2.19 bits per heavy atom. The van der Waals surface area contributed by atoms with E-state index in [2.05, 4.69) is 4.98 Å². The van der Waals surface area contributed by atoms with Crippen molar-refractivity contribution in [1.29, 1.82) is 0 Å². The first-order valence-electron chi connectivity index (χ1n) is 6.66. The molecule has 2 heterocycles. The molecule has 0 saturated carbocycles.